The average Bonchev–Trinajstić information content (AvgIpc) is 3.12. The van der Waals surface area contributed by atoms with Gasteiger partial charge in [0.1, 0.15) is 11.5 Å². The van der Waals surface area contributed by atoms with Crippen molar-refractivity contribution in [3.05, 3.63) is 40.6 Å². The first-order valence-corrected chi connectivity index (χ1v) is 8.26. The number of aliphatic hydroxyl groups is 1. The number of nitrogens with zero attached hydrogens (tertiary/aromatic N) is 3. The van der Waals surface area contributed by atoms with Gasteiger partial charge >= 0.3 is 5.97 Å². The summed E-state index contributed by atoms with van der Waals surface area (Å²) >= 11 is 0. The molecule has 0 atom stereocenters. The van der Waals surface area contributed by atoms with Crippen molar-refractivity contribution in [2.45, 2.75) is 39.9 Å². The predicted octanol–water partition coefficient (Wildman–Crippen LogP) is 1.51. The van der Waals surface area contributed by atoms with Crippen molar-refractivity contribution in [3.63, 3.8) is 0 Å². The lowest BCUT2D eigenvalue weighted by Crippen LogP contribution is -2.31. The van der Waals surface area contributed by atoms with Gasteiger partial charge in [-0.15, -0.1) is 0 Å². The summed E-state index contributed by atoms with van der Waals surface area (Å²) in [6.45, 7) is 6.57. The summed E-state index contributed by atoms with van der Waals surface area (Å²) in [6, 6.07) is 3.93. The topological polar surface area (TPSA) is 80.7 Å². The summed E-state index contributed by atoms with van der Waals surface area (Å²) in [5, 5.41) is 13.6. The van der Waals surface area contributed by atoms with E-state index >= 15 is 0 Å². The molecule has 1 N–H and O–H groups in total. The van der Waals surface area contributed by atoms with Crippen molar-refractivity contribution in [3.8, 4) is 0 Å². The van der Waals surface area contributed by atoms with Gasteiger partial charge in [0, 0.05) is 30.8 Å². The van der Waals surface area contributed by atoms with E-state index in [0.29, 0.717) is 31.9 Å². The van der Waals surface area contributed by atoms with Crippen LogP contribution in [0.5, 0.6) is 0 Å². The van der Waals surface area contributed by atoms with Gasteiger partial charge in [-0.1, -0.05) is 0 Å². The molecule has 0 aromatic carbocycles. The van der Waals surface area contributed by atoms with Crippen molar-refractivity contribution < 1.29 is 19.1 Å². The molecule has 0 spiro atoms. The Hall–Kier alpha value is -2.12. The van der Waals surface area contributed by atoms with E-state index < -0.39 is 5.97 Å². The fourth-order valence-electron chi connectivity index (χ4n) is 3.12. The van der Waals surface area contributed by atoms with E-state index in [1.807, 2.05) is 19.1 Å². The van der Waals surface area contributed by atoms with Crippen LogP contribution in [0.15, 0.2) is 16.5 Å². The molecule has 0 radical (unpaired) electrons. The summed E-state index contributed by atoms with van der Waals surface area (Å²) in [6.07, 6.45) is 0.779. The third kappa shape index (κ3) is 3.37. The van der Waals surface area contributed by atoms with E-state index in [0.717, 1.165) is 35.7 Å². The van der Waals surface area contributed by atoms with Gasteiger partial charge in [0.2, 0.25) is 0 Å². The van der Waals surface area contributed by atoms with Gasteiger partial charge in [-0.2, -0.15) is 5.10 Å². The van der Waals surface area contributed by atoms with Gasteiger partial charge in [-0.3, -0.25) is 9.58 Å². The molecule has 2 aromatic rings. The maximum Gasteiger partial charge on any atom is 0.359 e. The Kier molecular flexibility index (Phi) is 5.01. The molecule has 0 saturated heterocycles. The minimum atomic E-state index is -0.402. The maximum absolute atomic E-state index is 12.2. The maximum atomic E-state index is 12.2. The van der Waals surface area contributed by atoms with Gasteiger partial charge < -0.3 is 14.3 Å². The summed E-state index contributed by atoms with van der Waals surface area (Å²) in [7, 11) is 0. The number of aliphatic hydroxyl groups excluding tert-OH is 1. The second kappa shape index (κ2) is 7.19. The van der Waals surface area contributed by atoms with Gasteiger partial charge in [0.25, 0.3) is 0 Å². The second-order valence-corrected chi connectivity index (χ2v) is 5.91. The fourth-order valence-corrected chi connectivity index (χ4v) is 3.12. The van der Waals surface area contributed by atoms with Crippen LogP contribution in [0.4, 0.5) is 0 Å². The Balaban J connectivity index is 1.83. The highest BCUT2D eigenvalue weighted by Crippen LogP contribution is 2.25. The Morgan fingerprint density at radius 2 is 2.29 bits per heavy atom. The molecule has 130 valence electrons. The Morgan fingerprint density at radius 1 is 1.46 bits per heavy atom. The van der Waals surface area contributed by atoms with Crippen LogP contribution in [0.3, 0.4) is 0 Å². The molecule has 1 aliphatic rings. The molecular weight excluding hydrogens is 310 g/mol. The Bertz CT molecular complexity index is 719. The molecular formula is C17H23N3O4. The number of furan rings is 1. The van der Waals surface area contributed by atoms with Crippen LogP contribution in [0, 0.1) is 6.92 Å². The molecule has 3 heterocycles. The van der Waals surface area contributed by atoms with Gasteiger partial charge in [0.05, 0.1) is 26.3 Å². The molecule has 0 fully saturated rings. The third-order valence-corrected chi connectivity index (χ3v) is 4.17. The SMILES string of the molecule is CCOC(=O)c1nn(CCO)c2c1CN(Cc1ccc(C)o1)CC2. The van der Waals surface area contributed by atoms with Crippen LogP contribution in [-0.2, 0) is 30.8 Å². The van der Waals surface area contributed by atoms with E-state index in [-0.39, 0.29) is 6.61 Å². The molecule has 7 heteroatoms. The first-order chi connectivity index (χ1) is 11.6. The minimum Gasteiger partial charge on any atom is -0.465 e. The molecule has 1 aliphatic heterocycles. The Labute approximate surface area is 140 Å². The zero-order valence-corrected chi connectivity index (χ0v) is 14.1. The molecule has 3 rings (SSSR count). The number of hydrogen-bond acceptors (Lipinski definition) is 6. The first kappa shape index (κ1) is 16.7. The van der Waals surface area contributed by atoms with Gasteiger partial charge in [-0.25, -0.2) is 4.79 Å². The standard InChI is InChI=1S/C17H23N3O4/c1-3-23-17(22)16-14-11-19(10-13-5-4-12(2)24-13)7-6-15(14)20(18-16)8-9-21/h4-5,21H,3,6-11H2,1-2H3. The average molecular weight is 333 g/mol. The molecule has 0 unspecified atom stereocenters. The van der Waals surface area contributed by atoms with E-state index in [9.17, 15) is 9.90 Å². The number of rotatable bonds is 6. The predicted molar refractivity (Wildman–Crippen MR) is 86.5 cm³/mol. The van der Waals surface area contributed by atoms with E-state index in [4.69, 9.17) is 9.15 Å². The number of fused-ring (bicyclic) bond motifs is 1. The molecule has 0 amide bonds. The van der Waals surface area contributed by atoms with Crippen molar-refractivity contribution >= 4 is 5.97 Å². The van der Waals surface area contributed by atoms with E-state index in [1.165, 1.54) is 0 Å². The normalized spacial score (nSPS) is 14.6. The largest absolute Gasteiger partial charge is 0.465 e. The monoisotopic (exact) mass is 333 g/mol. The van der Waals surface area contributed by atoms with Crippen LogP contribution in [0.25, 0.3) is 0 Å². The van der Waals surface area contributed by atoms with Crippen LogP contribution in [0.1, 0.15) is 40.2 Å². The molecule has 2 aromatic heterocycles. The van der Waals surface area contributed by atoms with Gasteiger partial charge in [0.15, 0.2) is 5.69 Å². The van der Waals surface area contributed by atoms with Crippen molar-refractivity contribution in [1.29, 1.82) is 0 Å². The number of carbonyl (C=O) groups excluding carboxylic acids is 1. The summed E-state index contributed by atoms with van der Waals surface area (Å²) in [4.78, 5) is 14.4. The number of aryl methyl sites for hydroxylation is 1. The van der Waals surface area contributed by atoms with Crippen molar-refractivity contribution in [2.75, 3.05) is 19.8 Å². The lowest BCUT2D eigenvalue weighted by atomic mass is 10.0. The zero-order valence-electron chi connectivity index (χ0n) is 14.1. The highest BCUT2D eigenvalue weighted by atomic mass is 16.5. The number of ether oxygens (including phenoxy) is 1. The molecule has 24 heavy (non-hydrogen) atoms. The van der Waals surface area contributed by atoms with Gasteiger partial charge in [-0.05, 0) is 26.0 Å². The fraction of sp³-hybridized carbons (Fsp3) is 0.529. The highest BCUT2D eigenvalue weighted by Gasteiger charge is 2.29. The molecule has 0 bridgehead atoms. The quantitative estimate of drug-likeness (QED) is 0.807. The highest BCUT2D eigenvalue weighted by molar-refractivity contribution is 5.89. The second-order valence-electron chi connectivity index (χ2n) is 5.91. The van der Waals surface area contributed by atoms with E-state index in [1.54, 1.807) is 11.6 Å². The molecule has 0 saturated carbocycles. The number of carbonyl (C=O) groups is 1. The Morgan fingerprint density at radius 3 is 2.96 bits per heavy atom. The number of aromatic nitrogens is 2. The third-order valence-electron chi connectivity index (χ3n) is 4.17. The lowest BCUT2D eigenvalue weighted by Gasteiger charge is -2.26. The first-order valence-electron chi connectivity index (χ1n) is 8.26. The van der Waals surface area contributed by atoms with Crippen LogP contribution in [0.2, 0.25) is 0 Å². The minimum absolute atomic E-state index is 0.00816. The summed E-state index contributed by atoms with van der Waals surface area (Å²) in [5.41, 5.74) is 2.27. The lowest BCUT2D eigenvalue weighted by molar-refractivity contribution is 0.0515. The summed E-state index contributed by atoms with van der Waals surface area (Å²) < 4.78 is 12.5. The van der Waals surface area contributed by atoms with Crippen molar-refractivity contribution in [2.24, 2.45) is 0 Å². The van der Waals surface area contributed by atoms with Crippen LogP contribution < -0.4 is 0 Å². The van der Waals surface area contributed by atoms with Crippen LogP contribution in [-0.4, -0.2) is 45.5 Å². The number of esters is 1. The molecule has 7 nitrogen and oxygen atoms in total. The number of hydrogen-bond donors (Lipinski definition) is 1. The van der Waals surface area contributed by atoms with Crippen LogP contribution >= 0.6 is 0 Å². The zero-order chi connectivity index (χ0) is 17.1. The molecule has 0 aliphatic carbocycles. The summed E-state index contributed by atoms with van der Waals surface area (Å²) in [5.74, 6) is 1.41. The van der Waals surface area contributed by atoms with Crippen molar-refractivity contribution in [1.82, 2.24) is 14.7 Å². The van der Waals surface area contributed by atoms with E-state index in [2.05, 4.69) is 10.00 Å². The smallest absolute Gasteiger partial charge is 0.359 e.